The van der Waals surface area contributed by atoms with Crippen LogP contribution in [0.5, 0.6) is 0 Å². The van der Waals surface area contributed by atoms with E-state index in [2.05, 4.69) is 30.7 Å². The molecule has 5 aromatic rings. The van der Waals surface area contributed by atoms with E-state index in [0.29, 0.717) is 28.5 Å². The zero-order valence-electron chi connectivity index (χ0n) is 20.7. The van der Waals surface area contributed by atoms with Crippen LogP contribution in [-0.2, 0) is 6.05 Å². The third-order valence-corrected chi connectivity index (χ3v) is 6.31. The first kappa shape index (κ1) is 25.1. The Labute approximate surface area is 226 Å². The van der Waals surface area contributed by atoms with Crippen LogP contribution in [0.2, 0.25) is 0 Å². The number of carbonyl (C=O) groups is 1. The molecule has 4 N–H and O–H groups in total. The summed E-state index contributed by atoms with van der Waals surface area (Å²) >= 11 is 0. The highest BCUT2D eigenvalue weighted by Crippen LogP contribution is 2.37. The smallest absolute Gasteiger partial charge is 0.353 e. The number of fused-ring (bicyclic) bond motifs is 1. The molecule has 0 aliphatic carbocycles. The molecule has 200 valence electrons. The number of halogens is 2. The molecule has 2 aromatic carbocycles. The Balaban J connectivity index is 1.36. The number of hydrogen-bond acceptors (Lipinski definition) is 9. The Kier molecular flexibility index (Phi) is 6.36. The van der Waals surface area contributed by atoms with Gasteiger partial charge in [0.25, 0.3) is 11.8 Å². The largest absolute Gasteiger partial charge is 0.394 e. The summed E-state index contributed by atoms with van der Waals surface area (Å²) in [6.07, 6.45) is 3.11. The molecule has 0 spiro atoms. The first-order valence-electron chi connectivity index (χ1n) is 12.2. The van der Waals surface area contributed by atoms with Crippen molar-refractivity contribution >= 4 is 23.1 Å². The number of aliphatic hydroxyl groups excluding tert-OH is 1. The van der Waals surface area contributed by atoms with Gasteiger partial charge in [0, 0.05) is 24.1 Å². The van der Waals surface area contributed by atoms with Crippen LogP contribution in [0.3, 0.4) is 0 Å². The van der Waals surface area contributed by atoms with E-state index < -0.39 is 23.6 Å². The van der Waals surface area contributed by atoms with E-state index in [9.17, 15) is 18.7 Å². The third-order valence-electron chi connectivity index (χ3n) is 6.31. The summed E-state index contributed by atoms with van der Waals surface area (Å²) in [5.41, 5.74) is 2.09. The summed E-state index contributed by atoms with van der Waals surface area (Å²) in [5, 5.41) is 22.2. The second-order valence-electron chi connectivity index (χ2n) is 8.96. The van der Waals surface area contributed by atoms with Crippen LogP contribution in [0.15, 0.2) is 89.7 Å². The van der Waals surface area contributed by atoms with Gasteiger partial charge in [0.2, 0.25) is 5.82 Å². The van der Waals surface area contributed by atoms with Gasteiger partial charge in [-0.25, -0.2) is 4.98 Å². The second-order valence-corrected chi connectivity index (χ2v) is 8.96. The van der Waals surface area contributed by atoms with Crippen molar-refractivity contribution in [1.82, 2.24) is 25.4 Å². The molecule has 0 bridgehead atoms. The molecule has 0 radical (unpaired) electrons. The molecule has 1 aliphatic rings. The maximum atomic E-state index is 14.2. The van der Waals surface area contributed by atoms with Crippen LogP contribution in [-0.4, -0.2) is 37.7 Å². The van der Waals surface area contributed by atoms with E-state index in [1.54, 1.807) is 35.8 Å². The number of carbonyl (C=O) groups excluding carboxylic acids is 1. The quantitative estimate of drug-likeness (QED) is 0.203. The minimum absolute atomic E-state index is 0.0880. The van der Waals surface area contributed by atoms with E-state index in [1.807, 2.05) is 30.3 Å². The summed E-state index contributed by atoms with van der Waals surface area (Å²) in [6, 6.07) is 16.4. The Morgan fingerprint density at radius 1 is 1.00 bits per heavy atom. The van der Waals surface area contributed by atoms with Gasteiger partial charge in [-0.1, -0.05) is 41.6 Å². The number of anilines is 3. The number of aromatic nitrogens is 4. The van der Waals surface area contributed by atoms with Gasteiger partial charge in [-0.05, 0) is 35.9 Å². The number of nitrogens with zero attached hydrogens (tertiary/aromatic N) is 4. The molecule has 10 nitrogen and oxygen atoms in total. The molecule has 0 saturated heterocycles. The van der Waals surface area contributed by atoms with Crippen LogP contribution in [0.25, 0.3) is 23.0 Å². The monoisotopic (exact) mass is 541 g/mol. The van der Waals surface area contributed by atoms with E-state index in [1.165, 1.54) is 24.4 Å². The van der Waals surface area contributed by atoms with Crippen molar-refractivity contribution in [3.63, 3.8) is 0 Å². The Bertz CT molecular complexity index is 1680. The SMILES string of the molecule is O=C1NC(F)(F)c2cc(Nc3cc(N[C@H](CO)c4ccccc4)c(-c4nc(-c5ccccn5)no4)cn3)ccc21. The molecule has 40 heavy (non-hydrogen) atoms. The maximum Gasteiger partial charge on any atom is 0.353 e. The van der Waals surface area contributed by atoms with Gasteiger partial charge in [0.05, 0.1) is 35.0 Å². The first-order chi connectivity index (χ1) is 19.4. The van der Waals surface area contributed by atoms with E-state index >= 15 is 0 Å². The predicted molar refractivity (Wildman–Crippen MR) is 142 cm³/mol. The number of alkyl halides is 2. The summed E-state index contributed by atoms with van der Waals surface area (Å²) in [5.74, 6) is -0.0800. The Hall–Kier alpha value is -5.23. The van der Waals surface area contributed by atoms with Crippen molar-refractivity contribution < 1.29 is 23.2 Å². The Morgan fingerprint density at radius 2 is 1.82 bits per heavy atom. The molecule has 0 unspecified atom stereocenters. The maximum absolute atomic E-state index is 14.2. The van der Waals surface area contributed by atoms with Crippen LogP contribution in [0, 0.1) is 0 Å². The van der Waals surface area contributed by atoms with Gasteiger partial charge in [-0.3, -0.25) is 15.1 Å². The lowest BCUT2D eigenvalue weighted by atomic mass is 10.1. The molecule has 12 heteroatoms. The van der Waals surface area contributed by atoms with E-state index in [0.717, 1.165) is 5.56 Å². The average molecular weight is 542 g/mol. The molecule has 0 saturated carbocycles. The zero-order valence-corrected chi connectivity index (χ0v) is 20.7. The fourth-order valence-electron chi connectivity index (χ4n) is 4.36. The number of nitrogens with one attached hydrogen (secondary N) is 3. The van der Waals surface area contributed by atoms with Crippen LogP contribution < -0.4 is 16.0 Å². The summed E-state index contributed by atoms with van der Waals surface area (Å²) in [6.45, 7) is -0.224. The van der Waals surface area contributed by atoms with Gasteiger partial charge >= 0.3 is 6.05 Å². The molecular formula is C28H21F2N7O3. The van der Waals surface area contributed by atoms with Crippen molar-refractivity contribution in [1.29, 1.82) is 0 Å². The van der Waals surface area contributed by atoms with E-state index in [-0.39, 0.29) is 23.9 Å². The standard InChI is InChI=1S/C28H21F2N7O3/c29-28(30)20-12-17(9-10-18(20)26(39)36-28)33-24-13-22(34-23(15-38)16-6-2-1-3-7-16)19(14-32-24)27-35-25(37-40-27)21-8-4-5-11-31-21/h1-14,23,38H,15H2,(H,36,39)(H2,32,33,34)/t23-/m1/s1. The minimum atomic E-state index is -3.47. The second kappa shape index (κ2) is 10.2. The van der Waals surface area contributed by atoms with Gasteiger partial charge in [-0.2, -0.15) is 13.8 Å². The van der Waals surface area contributed by atoms with Crippen LogP contribution in [0.4, 0.5) is 26.0 Å². The molecular weight excluding hydrogens is 520 g/mol. The number of rotatable bonds is 8. The lowest BCUT2D eigenvalue weighted by Crippen LogP contribution is -2.29. The van der Waals surface area contributed by atoms with Crippen molar-refractivity contribution in [2.24, 2.45) is 0 Å². The molecule has 0 fully saturated rings. The Morgan fingerprint density at radius 3 is 2.60 bits per heavy atom. The van der Waals surface area contributed by atoms with Gasteiger partial charge in [0.1, 0.15) is 11.5 Å². The normalized spacial score (nSPS) is 14.3. The van der Waals surface area contributed by atoms with Crippen LogP contribution in [0.1, 0.15) is 27.5 Å². The average Bonchev–Trinajstić information content (AvgIpc) is 3.55. The first-order valence-corrected chi connectivity index (χ1v) is 12.2. The summed E-state index contributed by atoms with van der Waals surface area (Å²) < 4.78 is 34.0. The summed E-state index contributed by atoms with van der Waals surface area (Å²) in [4.78, 5) is 25.0. The number of hydrogen-bond donors (Lipinski definition) is 4. The number of aliphatic hydroxyl groups is 1. The van der Waals surface area contributed by atoms with Gasteiger partial charge in [0.15, 0.2) is 0 Å². The lowest BCUT2D eigenvalue weighted by molar-refractivity contribution is -0.0241. The van der Waals surface area contributed by atoms with E-state index in [4.69, 9.17) is 4.52 Å². The molecule has 3 aromatic heterocycles. The number of pyridine rings is 2. The molecule has 1 aliphatic heterocycles. The van der Waals surface area contributed by atoms with Crippen LogP contribution >= 0.6 is 0 Å². The minimum Gasteiger partial charge on any atom is -0.394 e. The highest BCUT2D eigenvalue weighted by molar-refractivity contribution is 6.00. The van der Waals surface area contributed by atoms with Gasteiger partial charge < -0.3 is 20.3 Å². The highest BCUT2D eigenvalue weighted by atomic mass is 19.3. The summed E-state index contributed by atoms with van der Waals surface area (Å²) in [7, 11) is 0. The molecule has 4 heterocycles. The fraction of sp³-hybridized carbons (Fsp3) is 0.107. The molecule has 6 rings (SSSR count). The van der Waals surface area contributed by atoms with Gasteiger partial charge in [-0.15, -0.1) is 0 Å². The van der Waals surface area contributed by atoms with Crippen molar-refractivity contribution in [2.75, 3.05) is 17.2 Å². The molecule has 1 atom stereocenters. The van der Waals surface area contributed by atoms with Crippen molar-refractivity contribution in [3.05, 3.63) is 102 Å². The van der Waals surface area contributed by atoms with Crippen molar-refractivity contribution in [2.45, 2.75) is 12.1 Å². The van der Waals surface area contributed by atoms with Crippen molar-refractivity contribution in [3.8, 4) is 23.0 Å². The topological polar surface area (TPSA) is 138 Å². The lowest BCUT2D eigenvalue weighted by Gasteiger charge is -2.20. The highest BCUT2D eigenvalue weighted by Gasteiger charge is 2.44. The third kappa shape index (κ3) is 4.83. The molecule has 1 amide bonds. The predicted octanol–water partition coefficient (Wildman–Crippen LogP) is 4.88. The fourth-order valence-corrected chi connectivity index (χ4v) is 4.36. The number of amides is 1. The number of benzene rings is 2. The zero-order chi connectivity index (χ0) is 27.7.